The third kappa shape index (κ3) is 3.25. The summed E-state index contributed by atoms with van der Waals surface area (Å²) in [5.74, 6) is -0.0497. The first kappa shape index (κ1) is 17.2. The molecule has 6 heteroatoms. The Morgan fingerprint density at radius 2 is 1.69 bits per heavy atom. The van der Waals surface area contributed by atoms with Crippen LogP contribution in [0, 0.1) is 0 Å². The van der Waals surface area contributed by atoms with E-state index in [0.717, 1.165) is 16.9 Å². The maximum Gasteiger partial charge on any atom is 0.262 e. The van der Waals surface area contributed by atoms with E-state index in [1.165, 1.54) is 5.56 Å². The maximum absolute atomic E-state index is 13.3. The molecule has 2 aromatic heterocycles. The molecule has 1 atom stereocenters. The molecule has 142 valence electrons. The number of para-hydroxylation sites is 1. The van der Waals surface area contributed by atoms with Gasteiger partial charge in [0.05, 0.1) is 18.3 Å². The molecule has 0 spiro atoms. The predicted molar refractivity (Wildman–Crippen MR) is 112 cm³/mol. The zero-order chi connectivity index (χ0) is 19.6. The molecule has 0 saturated heterocycles. The summed E-state index contributed by atoms with van der Waals surface area (Å²) in [5, 5.41) is 8.02. The van der Waals surface area contributed by atoms with E-state index < -0.39 is 0 Å². The minimum absolute atomic E-state index is 0.0497. The summed E-state index contributed by atoms with van der Waals surface area (Å²) in [4.78, 5) is 19.2. The fourth-order valence-electron chi connectivity index (χ4n) is 3.64. The number of rotatable bonds is 4. The minimum Gasteiger partial charge on any atom is -0.360 e. The van der Waals surface area contributed by atoms with E-state index in [-0.39, 0.29) is 12.1 Å². The van der Waals surface area contributed by atoms with Gasteiger partial charge in [-0.2, -0.15) is 5.10 Å². The summed E-state index contributed by atoms with van der Waals surface area (Å²) in [5.41, 5.74) is 4.35. The average molecular weight is 381 g/mol. The van der Waals surface area contributed by atoms with Crippen LogP contribution in [0.4, 0.5) is 11.4 Å². The van der Waals surface area contributed by atoms with Crippen molar-refractivity contribution in [1.29, 1.82) is 0 Å². The van der Waals surface area contributed by atoms with Gasteiger partial charge in [0, 0.05) is 35.5 Å². The highest BCUT2D eigenvalue weighted by molar-refractivity contribution is 6.12. The van der Waals surface area contributed by atoms with Crippen molar-refractivity contribution in [2.24, 2.45) is 0 Å². The van der Waals surface area contributed by atoms with Crippen molar-refractivity contribution in [1.82, 2.24) is 14.8 Å². The summed E-state index contributed by atoms with van der Waals surface area (Å²) in [6.07, 6.45) is 6.83. The van der Waals surface area contributed by atoms with Crippen molar-refractivity contribution in [3.63, 3.8) is 0 Å². The van der Waals surface area contributed by atoms with E-state index in [2.05, 4.69) is 27.5 Å². The molecule has 0 aliphatic carbocycles. The van der Waals surface area contributed by atoms with Crippen LogP contribution in [0.3, 0.4) is 0 Å². The van der Waals surface area contributed by atoms with Gasteiger partial charge in [-0.1, -0.05) is 42.5 Å². The van der Waals surface area contributed by atoms with Crippen molar-refractivity contribution < 1.29 is 4.79 Å². The highest BCUT2D eigenvalue weighted by Crippen LogP contribution is 2.36. The van der Waals surface area contributed by atoms with Crippen LogP contribution in [0.1, 0.15) is 27.7 Å². The van der Waals surface area contributed by atoms with Gasteiger partial charge in [-0.25, -0.2) is 0 Å². The molecule has 1 N–H and O–H groups in total. The van der Waals surface area contributed by atoms with E-state index in [0.29, 0.717) is 12.1 Å². The Kier molecular flexibility index (Phi) is 4.29. The number of carbonyl (C=O) groups is 1. The third-order valence-corrected chi connectivity index (χ3v) is 5.02. The normalized spacial score (nSPS) is 15.7. The lowest BCUT2D eigenvalue weighted by Crippen LogP contribution is -2.43. The zero-order valence-electron chi connectivity index (χ0n) is 15.6. The predicted octanol–water partition coefficient (Wildman–Crippen LogP) is 4.10. The quantitative estimate of drug-likeness (QED) is 0.578. The van der Waals surface area contributed by atoms with Crippen molar-refractivity contribution in [2.45, 2.75) is 12.7 Å². The second kappa shape index (κ2) is 7.24. The Hall–Kier alpha value is -3.93. The fourth-order valence-corrected chi connectivity index (χ4v) is 3.64. The fraction of sp³-hybridized carbons (Fsp3) is 0.0870. The Morgan fingerprint density at radius 3 is 2.52 bits per heavy atom. The summed E-state index contributed by atoms with van der Waals surface area (Å²) in [7, 11) is 0. The number of nitrogens with zero attached hydrogens (tertiary/aromatic N) is 4. The van der Waals surface area contributed by atoms with E-state index in [1.54, 1.807) is 17.3 Å². The SMILES string of the molecule is O=C1c2ccccc2N[C@@H](c2cnn(Cc3ccccc3)c2)N1c1ccncc1. The molecule has 3 heterocycles. The van der Waals surface area contributed by atoms with Gasteiger partial charge in [0.2, 0.25) is 0 Å². The molecule has 2 aromatic carbocycles. The van der Waals surface area contributed by atoms with Gasteiger partial charge in [-0.3, -0.25) is 19.4 Å². The van der Waals surface area contributed by atoms with Gasteiger partial charge < -0.3 is 5.32 Å². The van der Waals surface area contributed by atoms with Gasteiger partial charge in [-0.05, 0) is 29.8 Å². The number of aromatic nitrogens is 3. The molecule has 4 aromatic rings. The first-order valence-corrected chi connectivity index (χ1v) is 9.45. The average Bonchev–Trinajstić information content (AvgIpc) is 3.23. The van der Waals surface area contributed by atoms with E-state index in [1.807, 2.05) is 71.7 Å². The lowest BCUT2D eigenvalue weighted by atomic mass is 10.0. The topological polar surface area (TPSA) is 63.1 Å². The monoisotopic (exact) mass is 381 g/mol. The highest BCUT2D eigenvalue weighted by atomic mass is 16.2. The molecule has 0 unspecified atom stereocenters. The first-order chi connectivity index (χ1) is 14.3. The van der Waals surface area contributed by atoms with Gasteiger partial charge >= 0.3 is 0 Å². The van der Waals surface area contributed by atoms with Crippen LogP contribution in [0.15, 0.2) is 91.5 Å². The van der Waals surface area contributed by atoms with Crippen LogP contribution in [0.5, 0.6) is 0 Å². The molecule has 0 bridgehead atoms. The van der Waals surface area contributed by atoms with Gasteiger partial charge in [-0.15, -0.1) is 0 Å². The molecular weight excluding hydrogens is 362 g/mol. The van der Waals surface area contributed by atoms with Gasteiger partial charge in [0.1, 0.15) is 6.17 Å². The summed E-state index contributed by atoms with van der Waals surface area (Å²) >= 11 is 0. The number of anilines is 2. The number of pyridine rings is 1. The Morgan fingerprint density at radius 1 is 0.931 bits per heavy atom. The smallest absolute Gasteiger partial charge is 0.262 e. The Balaban J connectivity index is 1.53. The lowest BCUT2D eigenvalue weighted by Gasteiger charge is -2.37. The second-order valence-corrected chi connectivity index (χ2v) is 6.93. The van der Waals surface area contributed by atoms with Crippen LogP contribution >= 0.6 is 0 Å². The van der Waals surface area contributed by atoms with E-state index in [4.69, 9.17) is 0 Å². The molecule has 1 aliphatic rings. The van der Waals surface area contributed by atoms with Crippen LogP contribution in [0.25, 0.3) is 0 Å². The Bertz CT molecular complexity index is 1140. The molecule has 29 heavy (non-hydrogen) atoms. The van der Waals surface area contributed by atoms with Crippen molar-refractivity contribution in [3.8, 4) is 0 Å². The maximum atomic E-state index is 13.3. The molecule has 6 nitrogen and oxygen atoms in total. The van der Waals surface area contributed by atoms with E-state index >= 15 is 0 Å². The number of carbonyl (C=O) groups excluding carboxylic acids is 1. The largest absolute Gasteiger partial charge is 0.360 e. The third-order valence-electron chi connectivity index (χ3n) is 5.02. The number of hydrogen-bond donors (Lipinski definition) is 1. The molecule has 0 saturated carbocycles. The van der Waals surface area contributed by atoms with Crippen molar-refractivity contribution in [2.75, 3.05) is 10.2 Å². The van der Waals surface area contributed by atoms with Gasteiger partial charge in [0.25, 0.3) is 5.91 Å². The van der Waals surface area contributed by atoms with Crippen LogP contribution in [0.2, 0.25) is 0 Å². The number of amides is 1. The number of hydrogen-bond acceptors (Lipinski definition) is 4. The van der Waals surface area contributed by atoms with Crippen LogP contribution in [-0.2, 0) is 6.54 Å². The van der Waals surface area contributed by atoms with Gasteiger partial charge in [0.15, 0.2) is 0 Å². The molecular formula is C23H19N5O. The standard InChI is InChI=1S/C23H19N5O/c29-23-20-8-4-5-9-21(20)26-22(28(23)19-10-12-24-13-11-19)18-14-25-27(16-18)15-17-6-2-1-3-7-17/h1-14,16,22,26H,15H2/t22-/m1/s1. The van der Waals surface area contributed by atoms with Crippen LogP contribution in [-0.4, -0.2) is 20.7 Å². The molecule has 5 rings (SSSR count). The molecule has 0 radical (unpaired) electrons. The Labute approximate surface area is 168 Å². The first-order valence-electron chi connectivity index (χ1n) is 9.45. The minimum atomic E-state index is -0.357. The zero-order valence-corrected chi connectivity index (χ0v) is 15.6. The molecule has 1 aliphatic heterocycles. The molecule has 0 fully saturated rings. The highest BCUT2D eigenvalue weighted by Gasteiger charge is 2.34. The lowest BCUT2D eigenvalue weighted by molar-refractivity contribution is 0.0975. The summed E-state index contributed by atoms with van der Waals surface area (Å²) in [6, 6.07) is 21.4. The summed E-state index contributed by atoms with van der Waals surface area (Å²) < 4.78 is 1.89. The number of fused-ring (bicyclic) bond motifs is 1. The summed E-state index contributed by atoms with van der Waals surface area (Å²) in [6.45, 7) is 0.674. The molecule has 1 amide bonds. The van der Waals surface area contributed by atoms with Crippen molar-refractivity contribution >= 4 is 17.3 Å². The van der Waals surface area contributed by atoms with E-state index in [9.17, 15) is 4.79 Å². The number of benzene rings is 2. The van der Waals surface area contributed by atoms with Crippen LogP contribution < -0.4 is 10.2 Å². The van der Waals surface area contributed by atoms with Crippen molar-refractivity contribution in [3.05, 3.63) is 108 Å². The number of nitrogens with one attached hydrogen (secondary N) is 1. The second-order valence-electron chi connectivity index (χ2n) is 6.93.